The van der Waals surface area contributed by atoms with Gasteiger partial charge in [0.2, 0.25) is 0 Å². The number of esters is 1. The number of benzene rings is 3. The number of ether oxygens (including phenoxy) is 3. The first-order valence-electron chi connectivity index (χ1n) is 10.6. The molecule has 10 heteroatoms. The van der Waals surface area contributed by atoms with Crippen LogP contribution in [0.3, 0.4) is 0 Å². The number of halogens is 1. The molecule has 2 heterocycles. The summed E-state index contributed by atoms with van der Waals surface area (Å²) in [4.78, 5) is 24.1. The zero-order valence-electron chi connectivity index (χ0n) is 18.2. The van der Waals surface area contributed by atoms with Gasteiger partial charge in [0.05, 0.1) is 17.2 Å². The second-order valence-corrected chi connectivity index (χ2v) is 8.15. The average molecular weight is 492 g/mol. The lowest BCUT2D eigenvalue weighted by Gasteiger charge is -2.20. The molecule has 0 atom stereocenters. The molecule has 0 bridgehead atoms. The lowest BCUT2D eigenvalue weighted by molar-refractivity contribution is -0.385. The van der Waals surface area contributed by atoms with E-state index in [0.29, 0.717) is 33.2 Å². The first-order valence-corrected chi connectivity index (χ1v) is 11.0. The molecule has 1 aliphatic rings. The number of rotatable bonds is 6. The molecule has 0 saturated heterocycles. The van der Waals surface area contributed by atoms with Gasteiger partial charge < -0.3 is 14.2 Å². The van der Waals surface area contributed by atoms with E-state index in [1.165, 1.54) is 12.1 Å². The molecule has 0 N–H and O–H groups in total. The van der Waals surface area contributed by atoms with Crippen LogP contribution in [0.1, 0.15) is 21.5 Å². The van der Waals surface area contributed by atoms with Crippen molar-refractivity contribution in [2.24, 2.45) is 0 Å². The normalized spacial score (nSPS) is 12.5. The fraction of sp³-hybridized carbons (Fsp3) is 0.120. The second-order valence-electron chi connectivity index (χ2n) is 7.72. The van der Waals surface area contributed by atoms with Crippen molar-refractivity contribution in [1.82, 2.24) is 9.78 Å². The summed E-state index contributed by atoms with van der Waals surface area (Å²) in [6.45, 7) is -0.0434. The summed E-state index contributed by atoms with van der Waals surface area (Å²) in [6.07, 6.45) is 1.59. The number of aromatic nitrogens is 2. The number of non-ortho nitro benzene ring substituents is 1. The van der Waals surface area contributed by atoms with Crippen molar-refractivity contribution in [3.8, 4) is 22.7 Å². The molecule has 1 aromatic heterocycles. The van der Waals surface area contributed by atoms with Crippen LogP contribution in [-0.2, 0) is 22.7 Å². The first-order chi connectivity index (χ1) is 17.0. The zero-order chi connectivity index (χ0) is 24.4. The Hall–Kier alpha value is -4.21. The number of hydrogen-bond donors (Lipinski definition) is 0. The van der Waals surface area contributed by atoms with Crippen molar-refractivity contribution in [1.29, 1.82) is 0 Å². The van der Waals surface area contributed by atoms with E-state index in [9.17, 15) is 14.9 Å². The van der Waals surface area contributed by atoms with Crippen LogP contribution < -0.4 is 4.74 Å². The topological polar surface area (TPSA) is 106 Å². The van der Waals surface area contributed by atoms with Gasteiger partial charge in [0.15, 0.2) is 6.79 Å². The molecule has 1 aliphatic heterocycles. The average Bonchev–Trinajstić information content (AvgIpc) is 3.33. The van der Waals surface area contributed by atoms with E-state index in [4.69, 9.17) is 25.8 Å². The minimum Gasteiger partial charge on any atom is -0.467 e. The SMILES string of the molecule is O=C(OCc1cc([N+](=O)[O-])cc2c1OCOC2)c1cn(-c2ccccc2)nc1-c1ccc(Cl)cc1. The lowest BCUT2D eigenvalue weighted by Crippen LogP contribution is -2.15. The number of fused-ring (bicyclic) bond motifs is 1. The third-order valence-corrected chi connectivity index (χ3v) is 5.67. The molecule has 0 amide bonds. The third-order valence-electron chi connectivity index (χ3n) is 5.41. The Morgan fingerprint density at radius 2 is 1.91 bits per heavy atom. The summed E-state index contributed by atoms with van der Waals surface area (Å²) in [5.74, 6) is -0.211. The van der Waals surface area contributed by atoms with Crippen LogP contribution in [0.2, 0.25) is 5.02 Å². The highest BCUT2D eigenvalue weighted by Gasteiger charge is 2.24. The number of hydrogen-bond acceptors (Lipinski definition) is 7. The Morgan fingerprint density at radius 3 is 2.66 bits per heavy atom. The van der Waals surface area contributed by atoms with Crippen molar-refractivity contribution >= 4 is 23.3 Å². The number of carbonyl (C=O) groups is 1. The van der Waals surface area contributed by atoms with Gasteiger partial charge in [-0.2, -0.15) is 5.10 Å². The quantitative estimate of drug-likeness (QED) is 0.204. The van der Waals surface area contributed by atoms with E-state index in [1.807, 2.05) is 30.3 Å². The van der Waals surface area contributed by atoms with Gasteiger partial charge in [-0.15, -0.1) is 0 Å². The predicted molar refractivity (Wildman–Crippen MR) is 127 cm³/mol. The van der Waals surface area contributed by atoms with Crippen molar-refractivity contribution in [3.63, 3.8) is 0 Å². The van der Waals surface area contributed by atoms with Crippen molar-refractivity contribution in [3.05, 3.63) is 105 Å². The minimum absolute atomic E-state index is 0.0102. The molecule has 0 unspecified atom stereocenters. The maximum atomic E-state index is 13.2. The van der Waals surface area contributed by atoms with Crippen LogP contribution in [0.4, 0.5) is 5.69 Å². The smallest absolute Gasteiger partial charge is 0.342 e. The zero-order valence-corrected chi connectivity index (χ0v) is 19.0. The van der Waals surface area contributed by atoms with Crippen LogP contribution >= 0.6 is 11.6 Å². The van der Waals surface area contributed by atoms with Crippen molar-refractivity contribution in [2.75, 3.05) is 6.79 Å². The Balaban J connectivity index is 1.48. The third kappa shape index (κ3) is 4.72. The fourth-order valence-corrected chi connectivity index (χ4v) is 3.90. The van der Waals surface area contributed by atoms with E-state index < -0.39 is 10.9 Å². The maximum Gasteiger partial charge on any atom is 0.342 e. The second kappa shape index (κ2) is 9.57. The molecule has 5 rings (SSSR count). The minimum atomic E-state index is -0.635. The van der Waals surface area contributed by atoms with E-state index in [0.717, 1.165) is 5.69 Å². The highest BCUT2D eigenvalue weighted by atomic mass is 35.5. The molecule has 0 fully saturated rings. The molecule has 4 aromatic rings. The van der Waals surface area contributed by atoms with Crippen LogP contribution in [-0.4, -0.2) is 27.5 Å². The van der Waals surface area contributed by atoms with Crippen molar-refractivity contribution in [2.45, 2.75) is 13.2 Å². The molecular formula is C25H18ClN3O6. The van der Waals surface area contributed by atoms with E-state index in [-0.39, 0.29) is 31.3 Å². The Labute approximate surface area is 204 Å². The lowest BCUT2D eigenvalue weighted by atomic mass is 10.1. The summed E-state index contributed by atoms with van der Waals surface area (Å²) < 4.78 is 17.9. The fourth-order valence-electron chi connectivity index (χ4n) is 3.77. The number of para-hydroxylation sites is 1. The summed E-state index contributed by atoms with van der Waals surface area (Å²) in [6, 6.07) is 19.0. The molecule has 0 aliphatic carbocycles. The Kier molecular flexibility index (Phi) is 6.17. The van der Waals surface area contributed by atoms with Gasteiger partial charge in [0.1, 0.15) is 23.6 Å². The highest BCUT2D eigenvalue weighted by molar-refractivity contribution is 6.30. The maximum absolute atomic E-state index is 13.2. The highest BCUT2D eigenvalue weighted by Crippen LogP contribution is 2.33. The van der Waals surface area contributed by atoms with Crippen molar-refractivity contribution < 1.29 is 23.9 Å². The monoisotopic (exact) mass is 491 g/mol. The standard InChI is InChI=1S/C25H18ClN3O6/c26-19-8-6-16(7-9-19)23-22(12-28(27-23)20-4-2-1-3-5-20)25(30)34-14-18-11-21(29(31)32)10-17-13-33-15-35-24(17)18/h1-12H,13-15H2. The molecule has 0 spiro atoms. The summed E-state index contributed by atoms with van der Waals surface area (Å²) >= 11 is 6.03. The largest absolute Gasteiger partial charge is 0.467 e. The molecule has 0 saturated carbocycles. The predicted octanol–water partition coefficient (Wildman–Crippen LogP) is 5.32. The van der Waals surface area contributed by atoms with Crippen LogP contribution in [0.25, 0.3) is 16.9 Å². The number of nitrogens with zero attached hydrogens (tertiary/aromatic N) is 3. The van der Waals surface area contributed by atoms with E-state index in [2.05, 4.69) is 5.10 Å². The summed E-state index contributed by atoms with van der Waals surface area (Å²) in [7, 11) is 0. The molecule has 9 nitrogen and oxygen atoms in total. The Morgan fingerprint density at radius 1 is 1.14 bits per heavy atom. The Bertz CT molecular complexity index is 1400. The summed E-state index contributed by atoms with van der Waals surface area (Å²) in [5, 5.41) is 16.5. The van der Waals surface area contributed by atoms with Gasteiger partial charge in [-0.25, -0.2) is 9.48 Å². The first kappa shape index (κ1) is 22.6. The number of nitro benzene ring substituents is 1. The number of nitro groups is 1. The molecular weight excluding hydrogens is 474 g/mol. The molecule has 176 valence electrons. The van der Waals surface area contributed by atoms with Gasteiger partial charge in [-0.05, 0) is 24.3 Å². The van der Waals surface area contributed by atoms with Crippen LogP contribution in [0.5, 0.6) is 5.75 Å². The molecule has 0 radical (unpaired) electrons. The van der Waals surface area contributed by atoms with Gasteiger partial charge in [-0.1, -0.05) is 41.9 Å². The van der Waals surface area contributed by atoms with Gasteiger partial charge in [0, 0.05) is 40.0 Å². The molecule has 3 aromatic carbocycles. The van der Waals surface area contributed by atoms with E-state index in [1.54, 1.807) is 35.1 Å². The number of carbonyl (C=O) groups excluding carboxylic acids is 1. The van der Waals surface area contributed by atoms with Gasteiger partial charge in [0.25, 0.3) is 5.69 Å². The van der Waals surface area contributed by atoms with Gasteiger partial charge in [-0.3, -0.25) is 10.1 Å². The van der Waals surface area contributed by atoms with Crippen LogP contribution in [0.15, 0.2) is 72.9 Å². The van der Waals surface area contributed by atoms with Crippen LogP contribution in [0, 0.1) is 10.1 Å². The van der Waals surface area contributed by atoms with E-state index >= 15 is 0 Å². The molecule has 35 heavy (non-hydrogen) atoms. The van der Waals surface area contributed by atoms with Gasteiger partial charge >= 0.3 is 5.97 Å². The summed E-state index contributed by atoms with van der Waals surface area (Å²) in [5.41, 5.74) is 2.88.